The van der Waals surface area contributed by atoms with E-state index in [4.69, 9.17) is 4.52 Å². The number of aryl methyl sites for hydroxylation is 2. The summed E-state index contributed by atoms with van der Waals surface area (Å²) in [7, 11) is -3.64. The van der Waals surface area contributed by atoms with Crippen LogP contribution < -0.4 is 4.90 Å². The molecule has 0 spiro atoms. The first-order chi connectivity index (χ1) is 15.3. The van der Waals surface area contributed by atoms with Gasteiger partial charge in [0.25, 0.3) is 0 Å². The minimum absolute atomic E-state index is 0.140. The lowest BCUT2D eigenvalue weighted by Gasteiger charge is -2.39. The van der Waals surface area contributed by atoms with Crippen LogP contribution in [0.2, 0.25) is 0 Å². The van der Waals surface area contributed by atoms with Gasteiger partial charge >= 0.3 is 0 Å². The molecule has 2 fully saturated rings. The standard InChI is InChI=1S/C21H30N6O4S/c1-15(20(28)25-11-13-26(14-12-25)21-22-7-4-8-23-21)18-5-9-27(10-6-18)32(29,30)19-16(2)24-31-17(19)3/h4,7-8,15,18H,5-6,9-14H2,1-3H3. The Hall–Kier alpha value is -2.53. The summed E-state index contributed by atoms with van der Waals surface area (Å²) < 4.78 is 32.6. The predicted octanol–water partition coefficient (Wildman–Crippen LogP) is 1.47. The van der Waals surface area contributed by atoms with Crippen molar-refractivity contribution in [2.24, 2.45) is 11.8 Å². The first kappa shape index (κ1) is 22.7. The van der Waals surface area contributed by atoms with Gasteiger partial charge in [-0.3, -0.25) is 4.79 Å². The van der Waals surface area contributed by atoms with Crippen LogP contribution in [-0.4, -0.2) is 77.9 Å². The number of nitrogens with zero attached hydrogens (tertiary/aromatic N) is 6. The van der Waals surface area contributed by atoms with Crippen molar-refractivity contribution < 1.29 is 17.7 Å². The zero-order chi connectivity index (χ0) is 22.9. The van der Waals surface area contributed by atoms with Crippen LogP contribution in [0.4, 0.5) is 5.95 Å². The van der Waals surface area contributed by atoms with E-state index in [1.807, 2.05) is 11.8 Å². The third kappa shape index (κ3) is 4.36. The van der Waals surface area contributed by atoms with Gasteiger partial charge < -0.3 is 14.3 Å². The highest BCUT2D eigenvalue weighted by Gasteiger charge is 2.37. The normalized spacial score (nSPS) is 19.8. The van der Waals surface area contributed by atoms with E-state index in [9.17, 15) is 13.2 Å². The summed E-state index contributed by atoms with van der Waals surface area (Å²) >= 11 is 0. The van der Waals surface area contributed by atoms with Crippen molar-refractivity contribution in [1.82, 2.24) is 24.3 Å². The Labute approximate surface area is 188 Å². The fourth-order valence-electron chi connectivity index (χ4n) is 4.66. The molecule has 4 heterocycles. The zero-order valence-corrected chi connectivity index (χ0v) is 19.6. The molecule has 0 aliphatic carbocycles. The number of rotatable bonds is 5. The fourth-order valence-corrected chi connectivity index (χ4v) is 6.42. The van der Waals surface area contributed by atoms with Gasteiger partial charge in [0.15, 0.2) is 5.76 Å². The van der Waals surface area contributed by atoms with Gasteiger partial charge in [0.2, 0.25) is 21.9 Å². The molecule has 174 valence electrons. The topological polar surface area (TPSA) is 113 Å². The van der Waals surface area contributed by atoms with Crippen LogP contribution in [0.5, 0.6) is 0 Å². The summed E-state index contributed by atoms with van der Waals surface area (Å²) in [5.74, 6) is 1.17. The van der Waals surface area contributed by atoms with Crippen LogP contribution >= 0.6 is 0 Å². The molecule has 0 radical (unpaired) electrons. The zero-order valence-electron chi connectivity index (χ0n) is 18.8. The molecule has 0 saturated carbocycles. The lowest BCUT2D eigenvalue weighted by atomic mass is 9.85. The SMILES string of the molecule is Cc1noc(C)c1S(=O)(=O)N1CCC(C(C)C(=O)N2CCN(c3ncccn3)CC2)CC1. The van der Waals surface area contributed by atoms with Crippen molar-refractivity contribution in [2.45, 2.75) is 38.5 Å². The number of hydrogen-bond acceptors (Lipinski definition) is 8. The number of carbonyl (C=O) groups is 1. The van der Waals surface area contributed by atoms with Crippen molar-refractivity contribution in [1.29, 1.82) is 0 Å². The molecule has 4 rings (SSSR count). The fraction of sp³-hybridized carbons (Fsp3) is 0.619. The minimum Gasteiger partial charge on any atom is -0.360 e. The van der Waals surface area contributed by atoms with Crippen molar-refractivity contribution >= 4 is 21.9 Å². The van der Waals surface area contributed by atoms with Crippen LogP contribution in [0.1, 0.15) is 31.2 Å². The number of aromatic nitrogens is 3. The molecule has 11 heteroatoms. The van der Waals surface area contributed by atoms with Crippen molar-refractivity contribution in [2.75, 3.05) is 44.2 Å². The lowest BCUT2D eigenvalue weighted by molar-refractivity contribution is -0.137. The number of piperazine rings is 1. The highest BCUT2D eigenvalue weighted by atomic mass is 32.2. The Morgan fingerprint density at radius 2 is 1.69 bits per heavy atom. The largest absolute Gasteiger partial charge is 0.360 e. The molecular formula is C21H30N6O4S. The summed E-state index contributed by atoms with van der Waals surface area (Å²) in [6.07, 6.45) is 4.76. The smallest absolute Gasteiger partial charge is 0.248 e. The van der Waals surface area contributed by atoms with Crippen LogP contribution in [0.15, 0.2) is 27.9 Å². The van der Waals surface area contributed by atoms with Gasteiger partial charge in [-0.1, -0.05) is 12.1 Å². The Morgan fingerprint density at radius 1 is 1.06 bits per heavy atom. The third-order valence-electron chi connectivity index (χ3n) is 6.59. The second-order valence-corrected chi connectivity index (χ2v) is 10.4. The number of amides is 1. The van der Waals surface area contributed by atoms with E-state index in [0.29, 0.717) is 69.5 Å². The number of anilines is 1. The summed E-state index contributed by atoms with van der Waals surface area (Å²) in [5, 5.41) is 3.78. The van der Waals surface area contributed by atoms with E-state index in [1.54, 1.807) is 32.3 Å². The molecule has 0 aromatic carbocycles. The number of carbonyl (C=O) groups excluding carboxylic acids is 1. The van der Waals surface area contributed by atoms with E-state index >= 15 is 0 Å². The number of sulfonamides is 1. The van der Waals surface area contributed by atoms with E-state index in [0.717, 1.165) is 0 Å². The molecule has 0 N–H and O–H groups in total. The molecule has 1 amide bonds. The Morgan fingerprint density at radius 3 is 2.25 bits per heavy atom. The minimum atomic E-state index is -3.64. The van der Waals surface area contributed by atoms with Crippen LogP contribution in [0.3, 0.4) is 0 Å². The summed E-state index contributed by atoms with van der Waals surface area (Å²) in [4.78, 5) is 25.9. The Kier molecular flexibility index (Phi) is 6.47. The summed E-state index contributed by atoms with van der Waals surface area (Å²) in [6.45, 7) is 8.71. The van der Waals surface area contributed by atoms with Crippen molar-refractivity contribution in [3.63, 3.8) is 0 Å². The van der Waals surface area contributed by atoms with Gasteiger partial charge in [-0.2, -0.15) is 4.31 Å². The summed E-state index contributed by atoms with van der Waals surface area (Å²) in [6, 6.07) is 1.79. The van der Waals surface area contributed by atoms with Gasteiger partial charge in [-0.25, -0.2) is 18.4 Å². The number of piperidine rings is 1. The summed E-state index contributed by atoms with van der Waals surface area (Å²) in [5.41, 5.74) is 0.383. The maximum absolute atomic E-state index is 13.1. The lowest BCUT2D eigenvalue weighted by Crippen LogP contribution is -2.52. The molecule has 1 unspecified atom stereocenters. The molecule has 2 aromatic rings. The van der Waals surface area contributed by atoms with E-state index in [2.05, 4.69) is 20.0 Å². The van der Waals surface area contributed by atoms with Crippen LogP contribution in [0, 0.1) is 25.7 Å². The maximum Gasteiger partial charge on any atom is 0.248 e. The highest BCUT2D eigenvalue weighted by molar-refractivity contribution is 7.89. The van der Waals surface area contributed by atoms with E-state index < -0.39 is 10.0 Å². The molecule has 1 atom stereocenters. The monoisotopic (exact) mass is 462 g/mol. The second kappa shape index (κ2) is 9.14. The Bertz CT molecular complexity index is 1020. The number of hydrogen-bond donors (Lipinski definition) is 0. The molecule has 2 aromatic heterocycles. The average molecular weight is 463 g/mol. The Balaban J connectivity index is 1.32. The molecule has 10 nitrogen and oxygen atoms in total. The van der Waals surface area contributed by atoms with Gasteiger partial charge in [-0.05, 0) is 38.7 Å². The maximum atomic E-state index is 13.1. The second-order valence-electron chi connectivity index (χ2n) is 8.54. The average Bonchev–Trinajstić information content (AvgIpc) is 3.17. The quantitative estimate of drug-likeness (QED) is 0.656. The first-order valence-electron chi connectivity index (χ1n) is 11.0. The molecule has 2 aliphatic rings. The third-order valence-corrected chi connectivity index (χ3v) is 8.73. The van der Waals surface area contributed by atoms with E-state index in [-0.39, 0.29) is 22.6 Å². The van der Waals surface area contributed by atoms with Crippen molar-refractivity contribution in [3.8, 4) is 0 Å². The first-order valence-corrected chi connectivity index (χ1v) is 12.5. The molecule has 2 saturated heterocycles. The molecule has 32 heavy (non-hydrogen) atoms. The highest BCUT2D eigenvalue weighted by Crippen LogP contribution is 2.31. The molecular weight excluding hydrogens is 432 g/mol. The van der Waals surface area contributed by atoms with Gasteiger partial charge in [-0.15, -0.1) is 0 Å². The molecule has 0 bridgehead atoms. The van der Waals surface area contributed by atoms with Gasteiger partial charge in [0.1, 0.15) is 10.6 Å². The van der Waals surface area contributed by atoms with Crippen molar-refractivity contribution in [3.05, 3.63) is 29.9 Å². The molecule has 2 aliphatic heterocycles. The van der Waals surface area contributed by atoms with Gasteiger partial charge in [0, 0.05) is 57.6 Å². The van der Waals surface area contributed by atoms with Crippen LogP contribution in [0.25, 0.3) is 0 Å². The predicted molar refractivity (Wildman–Crippen MR) is 117 cm³/mol. The van der Waals surface area contributed by atoms with Crippen LogP contribution in [-0.2, 0) is 14.8 Å². The van der Waals surface area contributed by atoms with E-state index in [1.165, 1.54) is 4.31 Å². The van der Waals surface area contributed by atoms with Gasteiger partial charge in [0.05, 0.1) is 0 Å².